The standard InChI is InChI=1S/C15H13ClN4O2S/c16-11-3-5-12(6-4-11)18-14(21)9-23-15-19-17-10-20(15)8-13-2-1-7-22-13/h1-7,10H,8-9H2,(H,18,21). The second kappa shape index (κ2) is 7.34. The molecule has 2 heterocycles. The van der Waals surface area contributed by atoms with Crippen molar-refractivity contribution in [3.05, 3.63) is 59.8 Å². The van der Waals surface area contributed by atoms with Gasteiger partial charge in [0.2, 0.25) is 5.91 Å². The minimum Gasteiger partial charge on any atom is -0.467 e. The van der Waals surface area contributed by atoms with Gasteiger partial charge in [0.15, 0.2) is 5.16 Å². The molecule has 3 rings (SSSR count). The third-order valence-electron chi connectivity index (χ3n) is 2.95. The number of anilines is 1. The van der Waals surface area contributed by atoms with Crippen LogP contribution < -0.4 is 5.32 Å². The number of aromatic nitrogens is 3. The summed E-state index contributed by atoms with van der Waals surface area (Å²) in [6.07, 6.45) is 3.23. The largest absolute Gasteiger partial charge is 0.467 e. The molecule has 23 heavy (non-hydrogen) atoms. The zero-order valence-electron chi connectivity index (χ0n) is 12.0. The molecule has 1 aromatic carbocycles. The molecule has 0 spiro atoms. The molecule has 0 atom stereocenters. The molecule has 0 aliphatic rings. The number of amides is 1. The second-order valence-corrected chi connectivity index (χ2v) is 6.04. The monoisotopic (exact) mass is 348 g/mol. The van der Waals surface area contributed by atoms with Gasteiger partial charge < -0.3 is 14.3 Å². The number of nitrogens with one attached hydrogen (secondary N) is 1. The molecule has 0 saturated carbocycles. The summed E-state index contributed by atoms with van der Waals surface area (Å²) >= 11 is 7.13. The van der Waals surface area contributed by atoms with Crippen molar-refractivity contribution in [1.29, 1.82) is 0 Å². The number of rotatable bonds is 6. The molecule has 3 aromatic rings. The number of nitrogens with zero attached hydrogens (tertiary/aromatic N) is 3. The van der Waals surface area contributed by atoms with Crippen molar-refractivity contribution in [2.45, 2.75) is 11.7 Å². The Morgan fingerprint density at radius 2 is 2.13 bits per heavy atom. The average Bonchev–Trinajstić information content (AvgIpc) is 3.20. The molecule has 6 nitrogen and oxygen atoms in total. The maximum atomic E-state index is 12.0. The Morgan fingerprint density at radius 1 is 1.30 bits per heavy atom. The van der Waals surface area contributed by atoms with Gasteiger partial charge >= 0.3 is 0 Å². The van der Waals surface area contributed by atoms with E-state index in [9.17, 15) is 4.79 Å². The fraction of sp³-hybridized carbons (Fsp3) is 0.133. The zero-order chi connectivity index (χ0) is 16.1. The molecule has 0 fully saturated rings. The molecule has 0 radical (unpaired) electrons. The number of benzene rings is 1. The number of hydrogen-bond acceptors (Lipinski definition) is 5. The van der Waals surface area contributed by atoms with Crippen molar-refractivity contribution >= 4 is 35.0 Å². The Labute approximate surface area is 141 Å². The summed E-state index contributed by atoms with van der Waals surface area (Å²) in [7, 11) is 0. The van der Waals surface area contributed by atoms with Crippen LogP contribution in [-0.4, -0.2) is 26.4 Å². The fourth-order valence-corrected chi connectivity index (χ4v) is 2.74. The van der Waals surface area contributed by atoms with Gasteiger partial charge in [0.25, 0.3) is 0 Å². The van der Waals surface area contributed by atoms with Crippen LogP contribution in [0.15, 0.2) is 58.6 Å². The lowest BCUT2D eigenvalue weighted by Crippen LogP contribution is -2.14. The molecule has 1 N–H and O–H groups in total. The topological polar surface area (TPSA) is 73.0 Å². The fourth-order valence-electron chi connectivity index (χ4n) is 1.90. The Balaban J connectivity index is 1.55. The minimum atomic E-state index is -0.120. The average molecular weight is 349 g/mol. The van der Waals surface area contributed by atoms with E-state index in [2.05, 4.69) is 15.5 Å². The van der Waals surface area contributed by atoms with Crippen LogP contribution in [0.25, 0.3) is 0 Å². The summed E-state index contributed by atoms with van der Waals surface area (Å²) < 4.78 is 7.13. The smallest absolute Gasteiger partial charge is 0.234 e. The predicted octanol–water partition coefficient (Wildman–Crippen LogP) is 3.30. The van der Waals surface area contributed by atoms with Crippen molar-refractivity contribution in [3.8, 4) is 0 Å². The first-order valence-electron chi connectivity index (χ1n) is 6.79. The molecule has 0 saturated heterocycles. The van der Waals surface area contributed by atoms with E-state index >= 15 is 0 Å². The van der Waals surface area contributed by atoms with E-state index in [1.165, 1.54) is 11.8 Å². The number of thioether (sulfide) groups is 1. The first-order chi connectivity index (χ1) is 11.2. The van der Waals surface area contributed by atoms with Gasteiger partial charge in [-0.15, -0.1) is 10.2 Å². The van der Waals surface area contributed by atoms with Crippen LogP contribution in [0, 0.1) is 0 Å². The Bertz CT molecular complexity index is 771. The Morgan fingerprint density at radius 3 is 2.87 bits per heavy atom. The number of hydrogen-bond donors (Lipinski definition) is 1. The van der Waals surface area contributed by atoms with Crippen molar-refractivity contribution in [2.24, 2.45) is 0 Å². The van der Waals surface area contributed by atoms with Crippen LogP contribution in [0.2, 0.25) is 5.02 Å². The van der Waals surface area contributed by atoms with Gasteiger partial charge in [0.1, 0.15) is 12.1 Å². The van der Waals surface area contributed by atoms with Gasteiger partial charge in [0.05, 0.1) is 18.6 Å². The van der Waals surface area contributed by atoms with E-state index in [0.29, 0.717) is 22.4 Å². The first-order valence-corrected chi connectivity index (χ1v) is 8.15. The van der Waals surface area contributed by atoms with Crippen LogP contribution in [0.4, 0.5) is 5.69 Å². The lowest BCUT2D eigenvalue weighted by Gasteiger charge is -2.06. The quantitative estimate of drug-likeness (QED) is 0.692. The summed E-state index contributed by atoms with van der Waals surface area (Å²) in [5.41, 5.74) is 0.706. The van der Waals surface area contributed by atoms with E-state index in [1.54, 1.807) is 36.9 Å². The molecule has 0 aliphatic carbocycles. The molecule has 0 bridgehead atoms. The summed E-state index contributed by atoms with van der Waals surface area (Å²) in [6, 6.07) is 10.7. The maximum Gasteiger partial charge on any atom is 0.234 e. The first kappa shape index (κ1) is 15.6. The van der Waals surface area contributed by atoms with Crippen molar-refractivity contribution in [2.75, 3.05) is 11.1 Å². The van der Waals surface area contributed by atoms with Crippen molar-refractivity contribution in [1.82, 2.24) is 14.8 Å². The SMILES string of the molecule is O=C(CSc1nncn1Cc1ccco1)Nc1ccc(Cl)cc1. The third kappa shape index (κ3) is 4.37. The van der Waals surface area contributed by atoms with E-state index in [0.717, 1.165) is 5.76 Å². The normalized spacial score (nSPS) is 10.7. The van der Waals surface area contributed by atoms with E-state index in [4.69, 9.17) is 16.0 Å². The number of halogens is 1. The minimum absolute atomic E-state index is 0.120. The van der Waals surface area contributed by atoms with Gasteiger partial charge in [-0.05, 0) is 36.4 Å². The highest BCUT2D eigenvalue weighted by molar-refractivity contribution is 7.99. The van der Waals surface area contributed by atoms with E-state index in [1.807, 2.05) is 16.7 Å². The van der Waals surface area contributed by atoms with Crippen molar-refractivity contribution in [3.63, 3.8) is 0 Å². The van der Waals surface area contributed by atoms with Gasteiger partial charge in [0, 0.05) is 10.7 Å². The Kier molecular flexibility index (Phi) is 4.99. The summed E-state index contributed by atoms with van der Waals surface area (Å²) in [5, 5.41) is 12.0. The van der Waals surface area contributed by atoms with Crippen LogP contribution in [0.5, 0.6) is 0 Å². The number of carbonyl (C=O) groups is 1. The van der Waals surface area contributed by atoms with Gasteiger partial charge in [-0.25, -0.2) is 0 Å². The van der Waals surface area contributed by atoms with Crippen LogP contribution >= 0.6 is 23.4 Å². The molecular formula is C15H13ClN4O2S. The molecular weight excluding hydrogens is 336 g/mol. The van der Waals surface area contributed by atoms with Crippen LogP contribution in [-0.2, 0) is 11.3 Å². The summed E-state index contributed by atoms with van der Waals surface area (Å²) in [4.78, 5) is 12.0. The lowest BCUT2D eigenvalue weighted by atomic mass is 10.3. The highest BCUT2D eigenvalue weighted by atomic mass is 35.5. The van der Waals surface area contributed by atoms with Crippen LogP contribution in [0.1, 0.15) is 5.76 Å². The number of carbonyl (C=O) groups excluding carboxylic acids is 1. The Hall–Kier alpha value is -2.25. The maximum absolute atomic E-state index is 12.0. The van der Waals surface area contributed by atoms with Gasteiger partial charge in [-0.1, -0.05) is 23.4 Å². The van der Waals surface area contributed by atoms with Gasteiger partial charge in [-0.3, -0.25) is 4.79 Å². The molecule has 118 valence electrons. The van der Waals surface area contributed by atoms with Gasteiger partial charge in [-0.2, -0.15) is 0 Å². The molecule has 1 amide bonds. The lowest BCUT2D eigenvalue weighted by molar-refractivity contribution is -0.113. The predicted molar refractivity (Wildman–Crippen MR) is 88.6 cm³/mol. The third-order valence-corrected chi connectivity index (χ3v) is 4.18. The van der Waals surface area contributed by atoms with E-state index < -0.39 is 0 Å². The highest BCUT2D eigenvalue weighted by Crippen LogP contribution is 2.18. The highest BCUT2D eigenvalue weighted by Gasteiger charge is 2.10. The molecule has 2 aromatic heterocycles. The summed E-state index contributed by atoms with van der Waals surface area (Å²) in [5.74, 6) is 0.918. The van der Waals surface area contributed by atoms with E-state index in [-0.39, 0.29) is 11.7 Å². The molecule has 0 unspecified atom stereocenters. The second-order valence-electron chi connectivity index (χ2n) is 4.66. The zero-order valence-corrected chi connectivity index (χ0v) is 13.5. The molecule has 8 heteroatoms. The van der Waals surface area contributed by atoms with Crippen LogP contribution in [0.3, 0.4) is 0 Å². The molecule has 0 aliphatic heterocycles. The van der Waals surface area contributed by atoms with Crippen molar-refractivity contribution < 1.29 is 9.21 Å². The summed E-state index contributed by atoms with van der Waals surface area (Å²) in [6.45, 7) is 0.529. The number of furan rings is 1.